The van der Waals surface area contributed by atoms with Gasteiger partial charge in [-0.25, -0.2) is 4.39 Å². The summed E-state index contributed by atoms with van der Waals surface area (Å²) in [6.45, 7) is 4.33. The second kappa shape index (κ2) is 9.42. The molecule has 0 spiro atoms. The molecule has 5 rings (SSSR count). The number of benzene rings is 2. The van der Waals surface area contributed by atoms with E-state index in [0.717, 1.165) is 16.7 Å². The fourth-order valence-electron chi connectivity index (χ4n) is 4.91. The van der Waals surface area contributed by atoms with Crippen molar-refractivity contribution < 1.29 is 34.0 Å². The molecule has 0 saturated carbocycles. The third-order valence-corrected chi connectivity index (χ3v) is 6.84. The molecule has 1 saturated heterocycles. The molecule has 1 fully saturated rings. The number of carbonyl (C=O) groups excluding carboxylic acids is 1. The minimum atomic E-state index is -1.10. The molecule has 3 heterocycles. The average molecular weight is 497 g/mol. The number of hydrogen-bond acceptors (Lipinski definition) is 7. The van der Waals surface area contributed by atoms with E-state index in [4.69, 9.17) is 9.47 Å². The molecule has 4 atom stereocenters. The van der Waals surface area contributed by atoms with Crippen molar-refractivity contribution in [1.82, 2.24) is 5.32 Å². The number of aliphatic hydroxyl groups is 3. The molecule has 8 nitrogen and oxygen atoms in total. The second-order valence-electron chi connectivity index (χ2n) is 9.76. The Kier molecular flexibility index (Phi) is 6.44. The summed E-state index contributed by atoms with van der Waals surface area (Å²) in [6.07, 6.45) is -1.70. The highest BCUT2D eigenvalue weighted by Gasteiger charge is 2.42. The van der Waals surface area contributed by atoms with Crippen molar-refractivity contribution in [2.24, 2.45) is 0 Å². The number of aliphatic hydroxyl groups excluding tert-OH is 3. The summed E-state index contributed by atoms with van der Waals surface area (Å²) in [7, 11) is 0. The smallest absolute Gasteiger partial charge is 0.260 e. The van der Waals surface area contributed by atoms with E-state index in [0.29, 0.717) is 35.7 Å². The molecule has 190 valence electrons. The van der Waals surface area contributed by atoms with Crippen LogP contribution in [-0.4, -0.2) is 64.4 Å². The predicted molar refractivity (Wildman–Crippen MR) is 131 cm³/mol. The number of anilines is 1. The van der Waals surface area contributed by atoms with Crippen molar-refractivity contribution in [1.29, 1.82) is 0 Å². The Bertz CT molecular complexity index is 1240. The van der Waals surface area contributed by atoms with Gasteiger partial charge in [0.25, 0.3) is 5.91 Å². The molecule has 0 aromatic heterocycles. The van der Waals surface area contributed by atoms with Crippen molar-refractivity contribution in [2.75, 3.05) is 18.5 Å². The Morgan fingerprint density at radius 2 is 1.81 bits per heavy atom. The lowest BCUT2D eigenvalue weighted by molar-refractivity contribution is -0.111. The first kappa shape index (κ1) is 24.6. The van der Waals surface area contributed by atoms with Gasteiger partial charge < -0.3 is 35.4 Å². The zero-order chi connectivity index (χ0) is 25.6. The molecular formula is C27H29FN2O6. The summed E-state index contributed by atoms with van der Waals surface area (Å²) in [6, 6.07) is 12.1. The number of rotatable bonds is 6. The second-order valence-corrected chi connectivity index (χ2v) is 9.76. The lowest BCUT2D eigenvalue weighted by Gasteiger charge is -2.23. The zero-order valence-electron chi connectivity index (χ0n) is 20.0. The van der Waals surface area contributed by atoms with Gasteiger partial charge in [-0.15, -0.1) is 0 Å². The minimum Gasteiger partial charge on any atom is -0.482 e. The Balaban J connectivity index is 1.30. The molecule has 36 heavy (non-hydrogen) atoms. The number of carbonyl (C=O) groups is 1. The van der Waals surface area contributed by atoms with Gasteiger partial charge in [0, 0.05) is 29.9 Å². The summed E-state index contributed by atoms with van der Waals surface area (Å²) in [5, 5.41) is 35.1. The molecule has 0 bridgehead atoms. The highest BCUT2D eigenvalue weighted by Crippen LogP contribution is 2.44. The Hall–Kier alpha value is -3.08. The third kappa shape index (κ3) is 4.44. The number of amides is 1. The van der Waals surface area contributed by atoms with Crippen LogP contribution in [0.25, 0.3) is 11.1 Å². The third-order valence-electron chi connectivity index (χ3n) is 6.84. The molecule has 0 unspecified atom stereocenters. The van der Waals surface area contributed by atoms with E-state index in [-0.39, 0.29) is 12.5 Å². The number of hydrogen-bond donors (Lipinski definition) is 5. The van der Waals surface area contributed by atoms with E-state index in [1.165, 1.54) is 12.1 Å². The average Bonchev–Trinajstić information content (AvgIpc) is 3.44. The van der Waals surface area contributed by atoms with Gasteiger partial charge in [0.1, 0.15) is 35.5 Å². The van der Waals surface area contributed by atoms with Crippen LogP contribution in [0.2, 0.25) is 0 Å². The highest BCUT2D eigenvalue weighted by molar-refractivity contribution is 6.32. The number of halogens is 1. The lowest BCUT2D eigenvalue weighted by atomic mass is 9.91. The Morgan fingerprint density at radius 3 is 2.50 bits per heavy atom. The van der Waals surface area contributed by atoms with Crippen molar-refractivity contribution in [2.45, 2.75) is 50.4 Å². The molecule has 0 radical (unpaired) electrons. The van der Waals surface area contributed by atoms with E-state index in [2.05, 4.69) is 10.6 Å². The molecule has 0 aliphatic carbocycles. The topological polar surface area (TPSA) is 120 Å². The van der Waals surface area contributed by atoms with Gasteiger partial charge in [-0.2, -0.15) is 0 Å². The zero-order valence-corrected chi connectivity index (χ0v) is 20.0. The van der Waals surface area contributed by atoms with Crippen LogP contribution in [-0.2, 0) is 20.8 Å². The first-order valence-corrected chi connectivity index (χ1v) is 11.9. The Labute approximate surface area is 208 Å². The van der Waals surface area contributed by atoms with Gasteiger partial charge in [-0.3, -0.25) is 4.79 Å². The standard InChI is InChI=1S/C27H29FN2O6/c1-27(2)18(10-20(36-27)23-17-9-16(28)7-8-19(17)30-26(23)34)15-5-3-14(4-6-15)11-29-12-21-24(32)25(33)22(13-31)35-21/h3-10,21-22,24-25,29,31-33H,11-13H2,1-2H3,(H,30,34)/b23-20+/t21-,22-,24-,25-/m1/s1. The quantitative estimate of drug-likeness (QED) is 0.388. The van der Waals surface area contributed by atoms with Gasteiger partial charge in [0.15, 0.2) is 0 Å². The summed E-state index contributed by atoms with van der Waals surface area (Å²) in [4.78, 5) is 12.6. The van der Waals surface area contributed by atoms with Gasteiger partial charge in [-0.1, -0.05) is 24.3 Å². The number of fused-ring (bicyclic) bond motifs is 1. The molecule has 1 amide bonds. The van der Waals surface area contributed by atoms with Crippen LogP contribution < -0.4 is 10.6 Å². The van der Waals surface area contributed by atoms with Gasteiger partial charge in [-0.05, 0) is 49.2 Å². The van der Waals surface area contributed by atoms with Crippen LogP contribution in [0.3, 0.4) is 0 Å². The van der Waals surface area contributed by atoms with E-state index in [9.17, 15) is 24.5 Å². The minimum absolute atomic E-state index is 0.318. The molecule has 2 aromatic carbocycles. The van der Waals surface area contributed by atoms with Crippen LogP contribution in [0.15, 0.2) is 54.3 Å². The normalized spacial score (nSPS) is 28.6. The van der Waals surface area contributed by atoms with Crippen molar-refractivity contribution in [3.63, 3.8) is 0 Å². The first-order chi connectivity index (χ1) is 17.2. The highest BCUT2D eigenvalue weighted by atomic mass is 19.1. The van der Waals surface area contributed by atoms with Crippen LogP contribution >= 0.6 is 0 Å². The van der Waals surface area contributed by atoms with E-state index < -0.39 is 35.8 Å². The monoisotopic (exact) mass is 496 g/mol. The molecule has 5 N–H and O–H groups in total. The van der Waals surface area contributed by atoms with E-state index in [1.807, 2.05) is 44.2 Å². The van der Waals surface area contributed by atoms with E-state index in [1.54, 1.807) is 6.07 Å². The van der Waals surface area contributed by atoms with Crippen LogP contribution in [0.5, 0.6) is 0 Å². The van der Waals surface area contributed by atoms with Gasteiger partial charge >= 0.3 is 0 Å². The van der Waals surface area contributed by atoms with Crippen molar-refractivity contribution in [3.05, 3.63) is 76.8 Å². The largest absolute Gasteiger partial charge is 0.482 e. The summed E-state index contributed by atoms with van der Waals surface area (Å²) < 4.78 is 25.5. The van der Waals surface area contributed by atoms with Crippen LogP contribution in [0.1, 0.15) is 30.5 Å². The fourth-order valence-corrected chi connectivity index (χ4v) is 4.91. The first-order valence-electron chi connectivity index (χ1n) is 11.9. The SMILES string of the molecule is CC1(C)O/C(=C2/C(=O)Nc3ccc(F)cc32)C=C1c1ccc(CNC[C@H]2O[C@H](CO)[C@@H](O)[C@@H]2O)cc1. The van der Waals surface area contributed by atoms with Crippen LogP contribution in [0.4, 0.5) is 10.1 Å². The Morgan fingerprint density at radius 1 is 1.08 bits per heavy atom. The van der Waals surface area contributed by atoms with Gasteiger partial charge in [0.2, 0.25) is 0 Å². The van der Waals surface area contributed by atoms with E-state index >= 15 is 0 Å². The molecule has 2 aromatic rings. The summed E-state index contributed by atoms with van der Waals surface area (Å²) in [5.74, 6) is -0.344. The lowest BCUT2D eigenvalue weighted by Crippen LogP contribution is -2.38. The number of allylic oxidation sites excluding steroid dienone is 1. The summed E-state index contributed by atoms with van der Waals surface area (Å²) in [5.41, 5.74) is 3.49. The maximum Gasteiger partial charge on any atom is 0.260 e. The fraction of sp³-hybridized carbons (Fsp3) is 0.370. The molecular weight excluding hydrogens is 467 g/mol. The maximum absolute atomic E-state index is 13.9. The molecule has 3 aliphatic rings. The van der Waals surface area contributed by atoms with Crippen LogP contribution in [0, 0.1) is 5.82 Å². The van der Waals surface area contributed by atoms with Crippen molar-refractivity contribution >= 4 is 22.7 Å². The van der Waals surface area contributed by atoms with Crippen molar-refractivity contribution in [3.8, 4) is 0 Å². The molecule has 3 aliphatic heterocycles. The number of nitrogens with one attached hydrogen (secondary N) is 2. The number of ether oxygens (including phenoxy) is 2. The predicted octanol–water partition coefficient (Wildman–Crippen LogP) is 1.95. The summed E-state index contributed by atoms with van der Waals surface area (Å²) >= 11 is 0. The maximum atomic E-state index is 13.9. The van der Waals surface area contributed by atoms with Gasteiger partial charge in [0.05, 0.1) is 18.3 Å². The molecule has 9 heteroatoms.